The number of aryl methyl sites for hydroxylation is 1. The fourth-order valence-electron chi connectivity index (χ4n) is 1.13. The predicted octanol–water partition coefficient (Wildman–Crippen LogP) is 2.48. The van der Waals surface area contributed by atoms with Crippen LogP contribution >= 0.6 is 0 Å². The molecule has 1 aromatic carbocycles. The molecule has 3 heteroatoms. The summed E-state index contributed by atoms with van der Waals surface area (Å²) in [5.41, 5.74) is 1.86. The Bertz CT molecular complexity index is 383. The smallest absolute Gasteiger partial charge is 0.251 e. The molecule has 0 radical (unpaired) electrons. The van der Waals surface area contributed by atoms with E-state index in [4.69, 9.17) is 4.74 Å². The molecule has 1 rings (SSSR count). The second kappa shape index (κ2) is 5.20. The SMILES string of the molecule is CO/C(C)=C\C(=O)Nc1ccccc1C. The lowest BCUT2D eigenvalue weighted by atomic mass is 10.2. The van der Waals surface area contributed by atoms with E-state index in [1.165, 1.54) is 13.2 Å². The van der Waals surface area contributed by atoms with Crippen molar-refractivity contribution in [1.29, 1.82) is 0 Å². The van der Waals surface area contributed by atoms with Crippen LogP contribution in [0.1, 0.15) is 12.5 Å². The zero-order valence-electron chi connectivity index (χ0n) is 9.20. The number of methoxy groups -OCH3 is 1. The predicted molar refractivity (Wildman–Crippen MR) is 60.6 cm³/mol. The number of para-hydroxylation sites is 1. The summed E-state index contributed by atoms with van der Waals surface area (Å²) in [6.07, 6.45) is 1.42. The van der Waals surface area contributed by atoms with Gasteiger partial charge < -0.3 is 10.1 Å². The minimum Gasteiger partial charge on any atom is -0.501 e. The molecule has 1 N–H and O–H groups in total. The van der Waals surface area contributed by atoms with Crippen LogP contribution in [0, 0.1) is 6.92 Å². The van der Waals surface area contributed by atoms with Crippen LogP contribution in [0.2, 0.25) is 0 Å². The molecule has 0 heterocycles. The number of nitrogens with one attached hydrogen (secondary N) is 1. The van der Waals surface area contributed by atoms with Crippen molar-refractivity contribution in [1.82, 2.24) is 0 Å². The third kappa shape index (κ3) is 3.46. The molecule has 0 unspecified atom stereocenters. The fourth-order valence-corrected chi connectivity index (χ4v) is 1.13. The molecule has 0 aliphatic heterocycles. The Morgan fingerprint density at radius 1 is 1.40 bits per heavy atom. The van der Waals surface area contributed by atoms with Crippen LogP contribution in [0.25, 0.3) is 0 Å². The second-order valence-corrected chi connectivity index (χ2v) is 3.26. The molecule has 1 amide bonds. The van der Waals surface area contributed by atoms with Crippen molar-refractivity contribution >= 4 is 11.6 Å². The van der Waals surface area contributed by atoms with Crippen molar-refractivity contribution < 1.29 is 9.53 Å². The number of carbonyl (C=O) groups is 1. The van der Waals surface area contributed by atoms with Crippen molar-refractivity contribution in [2.24, 2.45) is 0 Å². The first-order valence-corrected chi connectivity index (χ1v) is 4.72. The maximum Gasteiger partial charge on any atom is 0.251 e. The first-order chi connectivity index (χ1) is 7.13. The average molecular weight is 205 g/mol. The lowest BCUT2D eigenvalue weighted by molar-refractivity contribution is -0.112. The Hall–Kier alpha value is -1.77. The van der Waals surface area contributed by atoms with E-state index in [9.17, 15) is 4.79 Å². The van der Waals surface area contributed by atoms with Gasteiger partial charge in [0.1, 0.15) is 0 Å². The first kappa shape index (κ1) is 11.3. The number of carbonyl (C=O) groups excluding carboxylic acids is 1. The number of amides is 1. The number of hydrogen-bond acceptors (Lipinski definition) is 2. The van der Waals surface area contributed by atoms with Gasteiger partial charge in [0.05, 0.1) is 12.9 Å². The molecule has 0 aliphatic rings. The molecule has 0 bridgehead atoms. The highest BCUT2D eigenvalue weighted by molar-refractivity contribution is 5.99. The highest BCUT2D eigenvalue weighted by atomic mass is 16.5. The maximum atomic E-state index is 11.5. The van der Waals surface area contributed by atoms with Gasteiger partial charge in [-0.25, -0.2) is 0 Å². The second-order valence-electron chi connectivity index (χ2n) is 3.26. The van der Waals surface area contributed by atoms with Crippen LogP contribution in [0.15, 0.2) is 36.1 Å². The minimum atomic E-state index is -0.177. The van der Waals surface area contributed by atoms with Gasteiger partial charge in [0, 0.05) is 11.8 Å². The van der Waals surface area contributed by atoms with E-state index in [-0.39, 0.29) is 5.91 Å². The average Bonchev–Trinajstić information content (AvgIpc) is 2.21. The Morgan fingerprint density at radius 2 is 2.07 bits per heavy atom. The van der Waals surface area contributed by atoms with Gasteiger partial charge in [-0.2, -0.15) is 0 Å². The van der Waals surface area contributed by atoms with Gasteiger partial charge in [-0.1, -0.05) is 18.2 Å². The number of hydrogen-bond donors (Lipinski definition) is 1. The van der Waals surface area contributed by atoms with E-state index in [0.29, 0.717) is 5.76 Å². The Morgan fingerprint density at radius 3 is 2.67 bits per heavy atom. The monoisotopic (exact) mass is 205 g/mol. The normalized spacial score (nSPS) is 11.0. The van der Waals surface area contributed by atoms with Crippen LogP contribution in [-0.4, -0.2) is 13.0 Å². The maximum absolute atomic E-state index is 11.5. The van der Waals surface area contributed by atoms with Crippen LogP contribution in [-0.2, 0) is 9.53 Å². The number of anilines is 1. The summed E-state index contributed by atoms with van der Waals surface area (Å²) in [5.74, 6) is 0.407. The summed E-state index contributed by atoms with van der Waals surface area (Å²) in [7, 11) is 1.53. The Labute approximate surface area is 89.8 Å². The topological polar surface area (TPSA) is 38.3 Å². The van der Waals surface area contributed by atoms with Gasteiger partial charge in [-0.15, -0.1) is 0 Å². The van der Waals surface area contributed by atoms with Crippen molar-refractivity contribution in [3.8, 4) is 0 Å². The number of rotatable bonds is 3. The third-order valence-corrected chi connectivity index (χ3v) is 2.06. The van der Waals surface area contributed by atoms with Crippen LogP contribution in [0.5, 0.6) is 0 Å². The van der Waals surface area contributed by atoms with Crippen molar-refractivity contribution in [2.45, 2.75) is 13.8 Å². The standard InChI is InChI=1S/C12H15NO2/c1-9-6-4-5-7-11(9)13-12(14)8-10(2)15-3/h4-8H,1-3H3,(H,13,14)/b10-8-. The van der Waals surface area contributed by atoms with Gasteiger partial charge in [0.25, 0.3) is 5.91 Å². The van der Waals surface area contributed by atoms with E-state index < -0.39 is 0 Å². The summed E-state index contributed by atoms with van der Waals surface area (Å²) >= 11 is 0. The van der Waals surface area contributed by atoms with Crippen LogP contribution < -0.4 is 5.32 Å². The van der Waals surface area contributed by atoms with E-state index in [2.05, 4.69) is 5.32 Å². The quantitative estimate of drug-likeness (QED) is 0.608. The molecule has 3 nitrogen and oxygen atoms in total. The van der Waals surface area contributed by atoms with E-state index >= 15 is 0 Å². The lowest BCUT2D eigenvalue weighted by Crippen LogP contribution is -2.09. The molecule has 15 heavy (non-hydrogen) atoms. The summed E-state index contributed by atoms with van der Waals surface area (Å²) < 4.78 is 4.89. The molecule has 1 aromatic rings. The molecular weight excluding hydrogens is 190 g/mol. The highest BCUT2D eigenvalue weighted by Crippen LogP contribution is 2.13. The van der Waals surface area contributed by atoms with Gasteiger partial charge in [0.15, 0.2) is 0 Å². The fraction of sp³-hybridized carbons (Fsp3) is 0.250. The Balaban J connectivity index is 2.71. The largest absolute Gasteiger partial charge is 0.501 e. The number of benzene rings is 1. The molecule has 0 saturated carbocycles. The summed E-state index contributed by atoms with van der Waals surface area (Å²) in [6, 6.07) is 7.63. The zero-order valence-corrected chi connectivity index (χ0v) is 9.20. The molecule has 0 aromatic heterocycles. The summed E-state index contributed by atoms with van der Waals surface area (Å²) in [6.45, 7) is 3.68. The zero-order chi connectivity index (χ0) is 11.3. The highest BCUT2D eigenvalue weighted by Gasteiger charge is 2.01. The van der Waals surface area contributed by atoms with Gasteiger partial charge in [-0.3, -0.25) is 4.79 Å². The number of allylic oxidation sites excluding steroid dienone is 1. The van der Waals surface area contributed by atoms with E-state index in [0.717, 1.165) is 11.3 Å². The molecule has 0 spiro atoms. The molecule has 80 valence electrons. The van der Waals surface area contributed by atoms with E-state index in [1.54, 1.807) is 6.92 Å². The first-order valence-electron chi connectivity index (χ1n) is 4.72. The summed E-state index contributed by atoms with van der Waals surface area (Å²) in [5, 5.41) is 2.78. The molecular formula is C12H15NO2. The summed E-state index contributed by atoms with van der Waals surface area (Å²) in [4.78, 5) is 11.5. The van der Waals surface area contributed by atoms with E-state index in [1.807, 2.05) is 31.2 Å². The van der Waals surface area contributed by atoms with Gasteiger partial charge >= 0.3 is 0 Å². The minimum absolute atomic E-state index is 0.177. The molecule has 0 fully saturated rings. The molecule has 0 aliphatic carbocycles. The lowest BCUT2D eigenvalue weighted by Gasteiger charge is -2.06. The van der Waals surface area contributed by atoms with Crippen molar-refractivity contribution in [2.75, 3.05) is 12.4 Å². The number of ether oxygens (including phenoxy) is 1. The van der Waals surface area contributed by atoms with Gasteiger partial charge in [0.2, 0.25) is 0 Å². The van der Waals surface area contributed by atoms with Crippen molar-refractivity contribution in [3.63, 3.8) is 0 Å². The third-order valence-electron chi connectivity index (χ3n) is 2.06. The Kier molecular flexibility index (Phi) is 3.92. The van der Waals surface area contributed by atoms with Crippen LogP contribution in [0.4, 0.5) is 5.69 Å². The van der Waals surface area contributed by atoms with Gasteiger partial charge in [-0.05, 0) is 25.5 Å². The molecule has 0 atom stereocenters. The van der Waals surface area contributed by atoms with Crippen molar-refractivity contribution in [3.05, 3.63) is 41.7 Å². The molecule has 0 saturated heterocycles. The van der Waals surface area contributed by atoms with Crippen LogP contribution in [0.3, 0.4) is 0 Å².